The number of rotatable bonds is 9. The molecule has 96 valence electrons. The van der Waals surface area contributed by atoms with E-state index in [0.717, 1.165) is 12.8 Å². The fraction of sp³-hybridized carbons (Fsp3) is 0.909. The first-order valence-electron chi connectivity index (χ1n) is 5.85. The van der Waals surface area contributed by atoms with Gasteiger partial charge in [-0.1, -0.05) is 39.0 Å². The number of alkyl carbamates (subject to hydrolysis) is 1. The third kappa shape index (κ3) is 11.9. The molecule has 0 bridgehead atoms. The van der Waals surface area contributed by atoms with Crippen LogP contribution in [0.1, 0.15) is 45.4 Å². The lowest BCUT2D eigenvalue weighted by atomic mass is 10.1. The van der Waals surface area contributed by atoms with Gasteiger partial charge in [0.1, 0.15) is 11.4 Å². The maximum atomic E-state index is 11.0. The predicted molar refractivity (Wildman–Crippen MR) is 68.2 cm³/mol. The van der Waals surface area contributed by atoms with Crippen molar-refractivity contribution >= 4 is 29.3 Å². The smallest absolute Gasteiger partial charge is 0.407 e. The van der Waals surface area contributed by atoms with Gasteiger partial charge in [0.05, 0.1) is 0 Å². The number of alkyl halides is 2. The summed E-state index contributed by atoms with van der Waals surface area (Å²) in [7, 11) is 0. The van der Waals surface area contributed by atoms with Crippen molar-refractivity contribution in [1.82, 2.24) is 5.32 Å². The van der Waals surface area contributed by atoms with Gasteiger partial charge in [0, 0.05) is 6.54 Å². The number of halogens is 2. The number of amides is 1. The van der Waals surface area contributed by atoms with Gasteiger partial charge < -0.3 is 10.1 Å². The minimum atomic E-state index is -0.653. The van der Waals surface area contributed by atoms with Crippen LogP contribution in [0.15, 0.2) is 0 Å². The largest absolute Gasteiger partial charge is 0.447 e. The first kappa shape index (κ1) is 15.9. The molecule has 0 rings (SSSR count). The zero-order valence-electron chi connectivity index (χ0n) is 9.81. The van der Waals surface area contributed by atoms with E-state index in [9.17, 15) is 4.79 Å². The van der Waals surface area contributed by atoms with Crippen LogP contribution in [0, 0.1) is 0 Å². The summed E-state index contributed by atoms with van der Waals surface area (Å²) in [5.74, 6) is 0. The van der Waals surface area contributed by atoms with Gasteiger partial charge in [0.2, 0.25) is 0 Å². The van der Waals surface area contributed by atoms with Crippen molar-refractivity contribution in [2.45, 2.75) is 50.3 Å². The molecule has 0 aromatic rings. The summed E-state index contributed by atoms with van der Waals surface area (Å²) in [4.78, 5) is 10.4. The zero-order valence-corrected chi connectivity index (χ0v) is 11.3. The molecule has 0 saturated heterocycles. The molecular weight excluding hydrogens is 249 g/mol. The summed E-state index contributed by atoms with van der Waals surface area (Å²) in [6, 6.07) is 0. The molecule has 1 amide bonds. The molecule has 5 heteroatoms. The summed E-state index contributed by atoms with van der Waals surface area (Å²) in [6.45, 7) is 2.88. The lowest BCUT2D eigenvalue weighted by Gasteiger charge is -2.06. The third-order valence-corrected chi connectivity index (χ3v) is 2.39. The molecule has 1 N–H and O–H groups in total. The average molecular weight is 270 g/mol. The van der Waals surface area contributed by atoms with Crippen molar-refractivity contribution in [3.63, 3.8) is 0 Å². The van der Waals surface area contributed by atoms with Crippen LogP contribution in [0.25, 0.3) is 0 Å². The van der Waals surface area contributed by atoms with Gasteiger partial charge in [0.15, 0.2) is 0 Å². The van der Waals surface area contributed by atoms with Crippen molar-refractivity contribution in [1.29, 1.82) is 0 Å². The molecular formula is C11H21Cl2NO2. The van der Waals surface area contributed by atoms with E-state index in [4.69, 9.17) is 27.9 Å². The SMILES string of the molecule is CCCCCCCCNC(=O)OCC(Cl)Cl. The highest BCUT2D eigenvalue weighted by Gasteiger charge is 2.04. The van der Waals surface area contributed by atoms with Gasteiger partial charge in [-0.15, -0.1) is 23.2 Å². The number of nitrogens with one attached hydrogen (secondary N) is 1. The number of hydrogen-bond donors (Lipinski definition) is 1. The van der Waals surface area contributed by atoms with Crippen LogP contribution in [-0.4, -0.2) is 24.1 Å². The highest BCUT2D eigenvalue weighted by Crippen LogP contribution is 2.04. The van der Waals surface area contributed by atoms with Gasteiger partial charge in [-0.3, -0.25) is 0 Å². The van der Waals surface area contributed by atoms with Crippen molar-refractivity contribution in [2.24, 2.45) is 0 Å². The number of ether oxygens (including phenoxy) is 1. The van der Waals surface area contributed by atoms with E-state index in [2.05, 4.69) is 12.2 Å². The summed E-state index contributed by atoms with van der Waals surface area (Å²) < 4.78 is 4.73. The maximum Gasteiger partial charge on any atom is 0.407 e. The van der Waals surface area contributed by atoms with Crippen LogP contribution in [0.5, 0.6) is 0 Å². The van der Waals surface area contributed by atoms with Gasteiger partial charge in [-0.05, 0) is 6.42 Å². The van der Waals surface area contributed by atoms with E-state index in [1.807, 2.05) is 0 Å². The molecule has 0 saturated carbocycles. The summed E-state index contributed by atoms with van der Waals surface area (Å²) in [5.41, 5.74) is 0. The molecule has 0 aromatic heterocycles. The molecule has 0 aliphatic rings. The van der Waals surface area contributed by atoms with Crippen molar-refractivity contribution < 1.29 is 9.53 Å². The summed E-state index contributed by atoms with van der Waals surface area (Å²) in [5, 5.41) is 2.65. The average Bonchev–Trinajstić information content (AvgIpc) is 2.25. The molecule has 0 fully saturated rings. The Bertz CT molecular complexity index is 177. The number of carbonyl (C=O) groups is 1. The number of carbonyl (C=O) groups excluding carboxylic acids is 1. The van der Waals surface area contributed by atoms with Crippen LogP contribution in [0.2, 0.25) is 0 Å². The van der Waals surface area contributed by atoms with Crippen LogP contribution in [-0.2, 0) is 4.74 Å². The molecule has 0 heterocycles. The lowest BCUT2D eigenvalue weighted by molar-refractivity contribution is 0.150. The van der Waals surface area contributed by atoms with Crippen LogP contribution in [0.3, 0.4) is 0 Å². The molecule has 0 aromatic carbocycles. The summed E-state index contributed by atoms with van der Waals surface area (Å²) >= 11 is 10.8. The highest BCUT2D eigenvalue weighted by atomic mass is 35.5. The van der Waals surface area contributed by atoms with E-state index in [0.29, 0.717) is 6.54 Å². The van der Waals surface area contributed by atoms with Gasteiger partial charge >= 0.3 is 6.09 Å². The van der Waals surface area contributed by atoms with E-state index < -0.39 is 10.9 Å². The molecule has 3 nitrogen and oxygen atoms in total. The van der Waals surface area contributed by atoms with Crippen molar-refractivity contribution in [3.8, 4) is 0 Å². The second-order valence-electron chi connectivity index (χ2n) is 3.68. The lowest BCUT2D eigenvalue weighted by Crippen LogP contribution is -2.26. The first-order chi connectivity index (χ1) is 7.66. The molecule has 16 heavy (non-hydrogen) atoms. The van der Waals surface area contributed by atoms with Crippen LogP contribution < -0.4 is 5.32 Å². The highest BCUT2D eigenvalue weighted by molar-refractivity contribution is 6.44. The second kappa shape index (κ2) is 11.3. The van der Waals surface area contributed by atoms with E-state index >= 15 is 0 Å². The standard InChI is InChI=1S/C11H21Cl2NO2/c1-2-3-4-5-6-7-8-14-11(15)16-9-10(12)13/h10H,2-9H2,1H3,(H,14,15). The normalized spacial score (nSPS) is 10.5. The monoisotopic (exact) mass is 269 g/mol. The van der Waals surface area contributed by atoms with E-state index in [1.165, 1.54) is 25.7 Å². The Kier molecular flexibility index (Phi) is 11.2. The predicted octanol–water partition coefficient (Wildman–Crippen LogP) is 3.88. The minimum Gasteiger partial charge on any atom is -0.447 e. The van der Waals surface area contributed by atoms with E-state index in [1.54, 1.807) is 0 Å². The fourth-order valence-corrected chi connectivity index (χ4v) is 1.41. The molecule has 0 atom stereocenters. The van der Waals surface area contributed by atoms with Crippen LogP contribution in [0.4, 0.5) is 4.79 Å². The molecule has 0 unspecified atom stereocenters. The van der Waals surface area contributed by atoms with Crippen molar-refractivity contribution in [2.75, 3.05) is 13.2 Å². The van der Waals surface area contributed by atoms with Gasteiger partial charge in [0.25, 0.3) is 0 Å². The Morgan fingerprint density at radius 1 is 1.19 bits per heavy atom. The Morgan fingerprint density at radius 3 is 2.44 bits per heavy atom. The van der Waals surface area contributed by atoms with E-state index in [-0.39, 0.29) is 6.61 Å². The quantitative estimate of drug-likeness (QED) is 0.510. The van der Waals surface area contributed by atoms with Gasteiger partial charge in [-0.2, -0.15) is 0 Å². The first-order valence-corrected chi connectivity index (χ1v) is 6.73. The Hall–Kier alpha value is -0.150. The van der Waals surface area contributed by atoms with Crippen molar-refractivity contribution in [3.05, 3.63) is 0 Å². The molecule has 0 aliphatic heterocycles. The zero-order chi connectivity index (χ0) is 12.2. The number of unbranched alkanes of at least 4 members (excludes halogenated alkanes) is 5. The van der Waals surface area contributed by atoms with Crippen LogP contribution >= 0.6 is 23.2 Å². The molecule has 0 spiro atoms. The topological polar surface area (TPSA) is 38.3 Å². The third-order valence-electron chi connectivity index (χ3n) is 2.14. The Balaban J connectivity index is 3.15. The minimum absolute atomic E-state index is 0.0332. The summed E-state index contributed by atoms with van der Waals surface area (Å²) in [6.07, 6.45) is 6.75. The fourth-order valence-electron chi connectivity index (χ4n) is 1.29. The maximum absolute atomic E-state index is 11.0. The number of hydrogen-bond acceptors (Lipinski definition) is 2. The second-order valence-corrected chi connectivity index (χ2v) is 4.96. The Morgan fingerprint density at radius 2 is 1.81 bits per heavy atom. The Labute approximate surface area is 108 Å². The molecule has 0 aliphatic carbocycles. The van der Waals surface area contributed by atoms with Gasteiger partial charge in [-0.25, -0.2) is 4.79 Å². The molecule has 0 radical (unpaired) electrons.